The molecule has 2 rings (SSSR count). The number of nitrogens with one attached hydrogen (secondary N) is 1. The molecule has 13 heavy (non-hydrogen) atoms. The van der Waals surface area contributed by atoms with Crippen molar-refractivity contribution in [1.82, 2.24) is 4.98 Å². The number of benzene rings is 1. The number of hydrogen-bond donors (Lipinski definition) is 2. The lowest BCUT2D eigenvalue weighted by Crippen LogP contribution is -2.05. The Morgan fingerprint density at radius 2 is 2.00 bits per heavy atom. The van der Waals surface area contributed by atoms with Crippen molar-refractivity contribution in [1.29, 1.82) is 0 Å². The molecule has 1 aromatic heterocycles. The first-order valence-corrected chi connectivity index (χ1v) is 4.87. The number of nitrogens with two attached hydrogens (primary N) is 1. The third kappa shape index (κ3) is 1.28. The lowest BCUT2D eigenvalue weighted by Gasteiger charge is -1.96. The van der Waals surface area contributed by atoms with E-state index in [4.69, 9.17) is 5.84 Å². The highest BCUT2D eigenvalue weighted by Gasteiger charge is 2.06. The summed E-state index contributed by atoms with van der Waals surface area (Å²) in [6, 6.07) is 4.19. The molecule has 2 aromatic rings. The summed E-state index contributed by atoms with van der Waals surface area (Å²) >= 11 is 1.59. The first-order chi connectivity index (χ1) is 6.22. The van der Waals surface area contributed by atoms with Crippen molar-refractivity contribution >= 4 is 26.7 Å². The molecule has 0 aliphatic heterocycles. The van der Waals surface area contributed by atoms with Crippen LogP contribution in [0.1, 0.15) is 11.1 Å². The Balaban J connectivity index is 2.80. The van der Waals surface area contributed by atoms with Crippen molar-refractivity contribution in [2.24, 2.45) is 5.84 Å². The highest BCUT2D eigenvalue weighted by Crippen LogP contribution is 2.30. The van der Waals surface area contributed by atoms with Crippen LogP contribution in [0.2, 0.25) is 0 Å². The minimum absolute atomic E-state index is 0.771. The zero-order chi connectivity index (χ0) is 9.42. The van der Waals surface area contributed by atoms with E-state index in [-0.39, 0.29) is 0 Å². The van der Waals surface area contributed by atoms with Crippen LogP contribution in [-0.2, 0) is 0 Å². The molecular formula is C9H11N3S. The van der Waals surface area contributed by atoms with Crippen molar-refractivity contribution in [2.75, 3.05) is 5.43 Å². The number of hydrazine groups is 1. The van der Waals surface area contributed by atoms with Gasteiger partial charge in [-0.15, -0.1) is 0 Å². The third-order valence-corrected chi connectivity index (χ3v) is 3.19. The van der Waals surface area contributed by atoms with Gasteiger partial charge in [0, 0.05) is 0 Å². The van der Waals surface area contributed by atoms with Crippen molar-refractivity contribution in [2.45, 2.75) is 13.8 Å². The molecular weight excluding hydrogens is 182 g/mol. The van der Waals surface area contributed by atoms with Gasteiger partial charge >= 0.3 is 0 Å². The molecule has 0 aliphatic rings. The number of thiazole rings is 1. The number of anilines is 1. The zero-order valence-electron chi connectivity index (χ0n) is 7.59. The Morgan fingerprint density at radius 3 is 2.62 bits per heavy atom. The smallest absolute Gasteiger partial charge is 0.198 e. The van der Waals surface area contributed by atoms with E-state index in [1.807, 2.05) is 0 Å². The van der Waals surface area contributed by atoms with Crippen LogP contribution in [0.3, 0.4) is 0 Å². The van der Waals surface area contributed by atoms with Crippen LogP contribution in [0.5, 0.6) is 0 Å². The summed E-state index contributed by atoms with van der Waals surface area (Å²) in [7, 11) is 0. The molecule has 68 valence electrons. The maximum atomic E-state index is 5.31. The number of aryl methyl sites for hydroxylation is 2. The van der Waals surface area contributed by atoms with E-state index in [9.17, 15) is 0 Å². The van der Waals surface area contributed by atoms with Crippen LogP contribution < -0.4 is 11.3 Å². The average Bonchev–Trinajstić information content (AvgIpc) is 2.56. The maximum absolute atomic E-state index is 5.31. The molecule has 0 saturated heterocycles. The number of aromatic nitrogens is 1. The van der Waals surface area contributed by atoms with E-state index in [1.165, 1.54) is 15.8 Å². The zero-order valence-corrected chi connectivity index (χ0v) is 8.40. The lowest BCUT2D eigenvalue weighted by atomic mass is 10.1. The van der Waals surface area contributed by atoms with Crippen LogP contribution in [0.25, 0.3) is 10.2 Å². The fraction of sp³-hybridized carbons (Fsp3) is 0.222. The van der Waals surface area contributed by atoms with E-state index in [0.29, 0.717) is 0 Å². The van der Waals surface area contributed by atoms with Gasteiger partial charge in [0.05, 0.1) is 10.2 Å². The Bertz CT molecular complexity index is 408. The van der Waals surface area contributed by atoms with Gasteiger partial charge in [-0.1, -0.05) is 23.5 Å². The van der Waals surface area contributed by atoms with Crippen LogP contribution in [0, 0.1) is 13.8 Å². The fourth-order valence-electron chi connectivity index (χ4n) is 1.32. The van der Waals surface area contributed by atoms with Gasteiger partial charge in [-0.3, -0.25) is 5.43 Å². The summed E-state index contributed by atoms with van der Waals surface area (Å²) in [4.78, 5) is 4.37. The van der Waals surface area contributed by atoms with Crippen molar-refractivity contribution in [3.8, 4) is 0 Å². The van der Waals surface area contributed by atoms with Gasteiger partial charge in [0.1, 0.15) is 0 Å². The highest BCUT2D eigenvalue weighted by molar-refractivity contribution is 7.22. The standard InChI is InChI=1S/C9H11N3S/c1-5-3-4-6(2)8-7(5)11-9(12-10)13-8/h3-4H,10H2,1-2H3,(H,11,12). The van der Waals surface area contributed by atoms with Gasteiger partial charge in [0.2, 0.25) is 0 Å². The lowest BCUT2D eigenvalue weighted by molar-refractivity contribution is 1.30. The predicted molar refractivity (Wildman–Crippen MR) is 56.9 cm³/mol. The predicted octanol–water partition coefficient (Wildman–Crippen LogP) is 2.20. The highest BCUT2D eigenvalue weighted by atomic mass is 32.1. The van der Waals surface area contributed by atoms with Crippen molar-refractivity contribution in [3.05, 3.63) is 23.3 Å². The number of fused-ring (bicyclic) bond motifs is 1. The third-order valence-electron chi connectivity index (χ3n) is 2.07. The van der Waals surface area contributed by atoms with Crippen LogP contribution in [0.4, 0.5) is 5.13 Å². The van der Waals surface area contributed by atoms with E-state index in [1.54, 1.807) is 11.3 Å². The summed E-state index contributed by atoms with van der Waals surface area (Å²) in [5.74, 6) is 5.31. The first kappa shape index (κ1) is 8.47. The first-order valence-electron chi connectivity index (χ1n) is 4.05. The monoisotopic (exact) mass is 193 g/mol. The van der Waals surface area contributed by atoms with E-state index >= 15 is 0 Å². The normalized spacial score (nSPS) is 10.7. The van der Waals surface area contributed by atoms with Crippen molar-refractivity contribution < 1.29 is 0 Å². The second-order valence-corrected chi connectivity index (χ2v) is 4.04. The van der Waals surface area contributed by atoms with Gasteiger partial charge in [-0.25, -0.2) is 10.8 Å². The molecule has 1 aromatic carbocycles. The molecule has 3 N–H and O–H groups in total. The van der Waals surface area contributed by atoms with Crippen LogP contribution in [-0.4, -0.2) is 4.98 Å². The molecule has 0 atom stereocenters. The summed E-state index contributed by atoms with van der Waals surface area (Å²) < 4.78 is 1.22. The quantitative estimate of drug-likeness (QED) is 0.539. The van der Waals surface area contributed by atoms with Gasteiger partial charge in [0.15, 0.2) is 5.13 Å². The van der Waals surface area contributed by atoms with Gasteiger partial charge in [-0.2, -0.15) is 0 Å². The molecule has 0 radical (unpaired) electrons. The Hall–Kier alpha value is -1.13. The fourth-order valence-corrected chi connectivity index (χ4v) is 2.24. The van der Waals surface area contributed by atoms with Gasteiger partial charge < -0.3 is 0 Å². The Labute approximate surface area is 80.6 Å². The minimum atomic E-state index is 0.771. The number of rotatable bonds is 1. The SMILES string of the molecule is Cc1ccc(C)c2sc(NN)nc12. The molecule has 0 amide bonds. The average molecular weight is 193 g/mol. The van der Waals surface area contributed by atoms with Gasteiger partial charge in [0.25, 0.3) is 0 Å². The Kier molecular flexibility index (Phi) is 1.94. The molecule has 0 bridgehead atoms. The van der Waals surface area contributed by atoms with E-state index < -0.39 is 0 Å². The van der Waals surface area contributed by atoms with Crippen molar-refractivity contribution in [3.63, 3.8) is 0 Å². The van der Waals surface area contributed by atoms with E-state index in [0.717, 1.165) is 10.6 Å². The maximum Gasteiger partial charge on any atom is 0.198 e. The summed E-state index contributed by atoms with van der Waals surface area (Å²) in [5, 5.41) is 0.771. The molecule has 1 heterocycles. The molecule has 0 spiro atoms. The van der Waals surface area contributed by atoms with E-state index in [2.05, 4.69) is 36.4 Å². The number of nitrogens with zero attached hydrogens (tertiary/aromatic N) is 1. The van der Waals surface area contributed by atoms with Crippen LogP contribution >= 0.6 is 11.3 Å². The van der Waals surface area contributed by atoms with Gasteiger partial charge in [-0.05, 0) is 25.0 Å². The number of nitrogen functional groups attached to an aromatic ring is 1. The molecule has 0 aliphatic carbocycles. The topological polar surface area (TPSA) is 50.9 Å². The molecule has 4 heteroatoms. The summed E-state index contributed by atoms with van der Waals surface area (Å²) in [5.41, 5.74) is 6.07. The summed E-state index contributed by atoms with van der Waals surface area (Å²) in [6.07, 6.45) is 0. The number of hydrogen-bond acceptors (Lipinski definition) is 4. The Morgan fingerprint density at radius 1 is 1.31 bits per heavy atom. The molecule has 0 saturated carbocycles. The minimum Gasteiger partial charge on any atom is -0.300 e. The summed E-state index contributed by atoms with van der Waals surface area (Å²) in [6.45, 7) is 4.14. The molecule has 0 unspecified atom stereocenters. The second-order valence-electron chi connectivity index (χ2n) is 3.04. The molecule has 3 nitrogen and oxygen atoms in total. The van der Waals surface area contributed by atoms with Crippen LogP contribution in [0.15, 0.2) is 12.1 Å². The largest absolute Gasteiger partial charge is 0.300 e. The second kappa shape index (κ2) is 2.97. The molecule has 0 fully saturated rings.